The summed E-state index contributed by atoms with van der Waals surface area (Å²) in [4.78, 5) is 10.4. The zero-order chi connectivity index (χ0) is 14.7. The fourth-order valence-electron chi connectivity index (χ4n) is 2.10. The van der Waals surface area contributed by atoms with Crippen LogP contribution >= 0.6 is 11.6 Å². The molecular weight excluding hydrogens is 277 g/mol. The molecule has 2 aromatic rings. The Kier molecular flexibility index (Phi) is 4.55. The molecule has 1 aromatic carbocycles. The Labute approximate surface area is 123 Å². The van der Waals surface area contributed by atoms with Gasteiger partial charge in [-0.2, -0.15) is 0 Å². The van der Waals surface area contributed by atoms with Crippen LogP contribution in [0.4, 0.5) is 10.2 Å². The Balaban J connectivity index is 2.27. The lowest BCUT2D eigenvalue weighted by atomic mass is 10.1. The van der Waals surface area contributed by atoms with E-state index in [-0.39, 0.29) is 11.7 Å². The summed E-state index contributed by atoms with van der Waals surface area (Å²) in [5, 5.41) is 0.482. The Morgan fingerprint density at radius 1 is 1.20 bits per heavy atom. The Morgan fingerprint density at radius 2 is 1.85 bits per heavy atom. The molecule has 0 radical (unpaired) electrons. The van der Waals surface area contributed by atoms with Crippen LogP contribution in [0, 0.1) is 5.82 Å². The molecule has 0 aliphatic rings. The van der Waals surface area contributed by atoms with Gasteiger partial charge in [0.15, 0.2) is 0 Å². The summed E-state index contributed by atoms with van der Waals surface area (Å²) >= 11 is 6.16. The molecule has 0 fully saturated rings. The molecule has 0 bridgehead atoms. The van der Waals surface area contributed by atoms with Crippen molar-refractivity contribution in [2.24, 2.45) is 0 Å². The Morgan fingerprint density at radius 3 is 2.45 bits per heavy atom. The van der Waals surface area contributed by atoms with Crippen LogP contribution in [0.3, 0.4) is 0 Å². The first-order valence-electron chi connectivity index (χ1n) is 6.45. The second-order valence-corrected chi connectivity index (χ2v) is 5.40. The lowest BCUT2D eigenvalue weighted by Gasteiger charge is -2.23. The molecule has 0 spiro atoms. The molecule has 1 aromatic heterocycles. The minimum absolute atomic E-state index is 0.231. The van der Waals surface area contributed by atoms with E-state index in [4.69, 9.17) is 11.6 Å². The number of halogens is 2. The average Bonchev–Trinajstić information content (AvgIpc) is 2.40. The van der Waals surface area contributed by atoms with Crippen molar-refractivity contribution in [3.8, 4) is 0 Å². The van der Waals surface area contributed by atoms with Crippen molar-refractivity contribution in [3.63, 3.8) is 0 Å². The number of hydrogen-bond acceptors (Lipinski definition) is 3. The van der Waals surface area contributed by atoms with Crippen molar-refractivity contribution in [1.29, 1.82) is 0 Å². The lowest BCUT2D eigenvalue weighted by molar-refractivity contribution is 0.627. The van der Waals surface area contributed by atoms with Gasteiger partial charge in [-0.05, 0) is 23.6 Å². The van der Waals surface area contributed by atoms with Crippen LogP contribution in [-0.2, 0) is 6.54 Å². The number of benzene rings is 1. The van der Waals surface area contributed by atoms with E-state index in [2.05, 4.69) is 23.8 Å². The average molecular weight is 294 g/mol. The van der Waals surface area contributed by atoms with Crippen LogP contribution in [0.5, 0.6) is 0 Å². The molecule has 106 valence electrons. The largest absolute Gasteiger partial charge is 0.355 e. The van der Waals surface area contributed by atoms with Gasteiger partial charge in [-0.3, -0.25) is 0 Å². The maximum atomic E-state index is 12.9. The molecule has 0 N–H and O–H groups in total. The molecule has 0 aliphatic carbocycles. The molecule has 1 heterocycles. The van der Waals surface area contributed by atoms with Crippen LogP contribution in [0.25, 0.3) is 0 Å². The van der Waals surface area contributed by atoms with Crippen LogP contribution in [0.1, 0.15) is 30.9 Å². The minimum Gasteiger partial charge on any atom is -0.355 e. The van der Waals surface area contributed by atoms with E-state index < -0.39 is 0 Å². The molecule has 0 amide bonds. The van der Waals surface area contributed by atoms with E-state index >= 15 is 0 Å². The van der Waals surface area contributed by atoms with Crippen LogP contribution < -0.4 is 4.90 Å². The monoisotopic (exact) mass is 293 g/mol. The summed E-state index contributed by atoms with van der Waals surface area (Å²) < 4.78 is 12.9. The van der Waals surface area contributed by atoms with Crippen molar-refractivity contribution < 1.29 is 4.39 Å². The summed E-state index contributed by atoms with van der Waals surface area (Å²) in [6.45, 7) is 4.74. The summed E-state index contributed by atoms with van der Waals surface area (Å²) in [6, 6.07) is 6.45. The highest BCUT2D eigenvalue weighted by Crippen LogP contribution is 2.30. The van der Waals surface area contributed by atoms with Gasteiger partial charge in [0.1, 0.15) is 23.1 Å². The number of nitrogens with zero attached hydrogens (tertiary/aromatic N) is 3. The summed E-state index contributed by atoms with van der Waals surface area (Å²) in [6.07, 6.45) is 1.46. The number of hydrogen-bond donors (Lipinski definition) is 0. The first-order chi connectivity index (χ1) is 9.49. The molecular formula is C15H17ClFN3. The van der Waals surface area contributed by atoms with E-state index in [1.54, 1.807) is 12.1 Å². The highest BCUT2D eigenvalue weighted by Gasteiger charge is 2.16. The fourth-order valence-corrected chi connectivity index (χ4v) is 2.45. The van der Waals surface area contributed by atoms with Gasteiger partial charge in [0.05, 0.1) is 0 Å². The molecule has 0 unspecified atom stereocenters. The van der Waals surface area contributed by atoms with Gasteiger partial charge in [-0.15, -0.1) is 0 Å². The maximum absolute atomic E-state index is 12.9. The number of anilines is 1. The van der Waals surface area contributed by atoms with Crippen molar-refractivity contribution >= 4 is 17.4 Å². The van der Waals surface area contributed by atoms with Crippen LogP contribution in [0.15, 0.2) is 30.6 Å². The molecule has 0 saturated carbocycles. The third-order valence-electron chi connectivity index (χ3n) is 3.09. The summed E-state index contributed by atoms with van der Waals surface area (Å²) in [7, 11) is 1.94. The predicted molar refractivity (Wildman–Crippen MR) is 79.6 cm³/mol. The number of aromatic nitrogens is 2. The minimum atomic E-state index is -0.232. The first kappa shape index (κ1) is 14.7. The van der Waals surface area contributed by atoms with Crippen LogP contribution in [-0.4, -0.2) is 17.0 Å². The molecule has 0 aliphatic heterocycles. The highest BCUT2D eigenvalue weighted by atomic mass is 35.5. The van der Waals surface area contributed by atoms with Crippen molar-refractivity contribution in [2.75, 3.05) is 11.9 Å². The van der Waals surface area contributed by atoms with Gasteiger partial charge in [-0.1, -0.05) is 37.6 Å². The molecule has 0 atom stereocenters. The van der Waals surface area contributed by atoms with Gasteiger partial charge in [-0.25, -0.2) is 14.4 Å². The van der Waals surface area contributed by atoms with E-state index in [9.17, 15) is 4.39 Å². The fraction of sp³-hybridized carbons (Fsp3) is 0.333. The topological polar surface area (TPSA) is 29.0 Å². The van der Waals surface area contributed by atoms with E-state index in [0.29, 0.717) is 11.7 Å². The van der Waals surface area contributed by atoms with Crippen molar-refractivity contribution in [3.05, 3.63) is 52.7 Å². The first-order valence-corrected chi connectivity index (χ1v) is 6.82. The molecule has 20 heavy (non-hydrogen) atoms. The second-order valence-electron chi connectivity index (χ2n) is 5.04. The van der Waals surface area contributed by atoms with Crippen molar-refractivity contribution in [1.82, 2.24) is 9.97 Å². The molecule has 5 heteroatoms. The zero-order valence-corrected chi connectivity index (χ0v) is 12.5. The third-order valence-corrected chi connectivity index (χ3v) is 3.39. The van der Waals surface area contributed by atoms with Gasteiger partial charge in [0, 0.05) is 19.2 Å². The standard InChI is InChI=1S/C15H17ClFN3/c1-10(2)13-14(16)18-9-19-15(13)20(3)8-11-4-6-12(17)7-5-11/h4-7,9-10H,8H2,1-3H3. The Hall–Kier alpha value is -1.68. The predicted octanol–water partition coefficient (Wildman–Crippen LogP) is 4.03. The van der Waals surface area contributed by atoms with Gasteiger partial charge < -0.3 is 4.90 Å². The third kappa shape index (κ3) is 3.25. The quantitative estimate of drug-likeness (QED) is 0.797. The summed E-state index contributed by atoms with van der Waals surface area (Å²) in [5.74, 6) is 0.808. The van der Waals surface area contributed by atoms with Gasteiger partial charge in [0.2, 0.25) is 0 Å². The lowest BCUT2D eigenvalue weighted by Crippen LogP contribution is -2.20. The van der Waals surface area contributed by atoms with Gasteiger partial charge >= 0.3 is 0 Å². The SMILES string of the molecule is CC(C)c1c(Cl)ncnc1N(C)Cc1ccc(F)cc1. The normalized spacial score (nSPS) is 10.9. The zero-order valence-electron chi connectivity index (χ0n) is 11.8. The van der Waals surface area contributed by atoms with E-state index in [1.807, 2.05) is 11.9 Å². The van der Waals surface area contributed by atoms with Crippen molar-refractivity contribution in [2.45, 2.75) is 26.3 Å². The van der Waals surface area contributed by atoms with E-state index in [0.717, 1.165) is 16.9 Å². The molecule has 2 rings (SSSR count). The molecule has 0 saturated heterocycles. The molecule has 3 nitrogen and oxygen atoms in total. The Bertz CT molecular complexity index is 584. The highest BCUT2D eigenvalue weighted by molar-refractivity contribution is 6.30. The smallest absolute Gasteiger partial charge is 0.138 e. The van der Waals surface area contributed by atoms with Crippen LogP contribution in [0.2, 0.25) is 5.15 Å². The maximum Gasteiger partial charge on any atom is 0.138 e. The van der Waals surface area contributed by atoms with E-state index in [1.165, 1.54) is 18.5 Å². The van der Waals surface area contributed by atoms with Gasteiger partial charge in [0.25, 0.3) is 0 Å². The number of rotatable bonds is 4. The summed E-state index contributed by atoms with van der Waals surface area (Å²) in [5.41, 5.74) is 1.94. The second kappa shape index (κ2) is 6.18.